The number of hydrogen-bond donors (Lipinski definition) is 3. The lowest BCUT2D eigenvalue weighted by atomic mass is 10.0. The highest BCUT2D eigenvalue weighted by Crippen LogP contribution is 2.32. The van der Waals surface area contributed by atoms with E-state index in [1.54, 1.807) is 36.4 Å². The molecule has 50 heavy (non-hydrogen) atoms. The first-order valence-electron chi connectivity index (χ1n) is 14.8. The number of aliphatic imine (C=N–C) groups is 8. The number of phenols is 1. The molecule has 15 nitrogen and oxygen atoms in total. The lowest BCUT2D eigenvalue weighted by Crippen LogP contribution is -2.06. The van der Waals surface area contributed by atoms with Crippen molar-refractivity contribution in [3.8, 4) is 11.5 Å². The number of fused-ring (bicyclic) bond motifs is 16. The number of hydrogen-bond acceptors (Lipinski definition) is 13. The molecule has 4 aromatic rings. The molecule has 0 saturated carbocycles. The number of amidine groups is 8. The molecule has 0 spiro atoms. The SMILES string of the molecule is O=COc1ccc2c(c1)C1=NC3=NC(=NC4=NC(=NC5=NC(=NC2=N1)c1cc(O)ccc15)c1cc(C(=O)O)ccc14)c1cc(C(=O)O)ccc13. The number of nitrogens with zero attached hydrogens (tertiary/aromatic N) is 8. The Morgan fingerprint density at radius 2 is 0.800 bits per heavy atom. The van der Waals surface area contributed by atoms with Crippen molar-refractivity contribution in [1.29, 1.82) is 0 Å². The molecule has 9 rings (SSSR count). The van der Waals surface area contributed by atoms with Crippen molar-refractivity contribution in [1.82, 2.24) is 0 Å². The second kappa shape index (κ2) is 10.5. The molecule has 3 N–H and O–H groups in total. The van der Waals surface area contributed by atoms with Crippen LogP contribution in [-0.2, 0) is 4.79 Å². The third kappa shape index (κ3) is 4.41. The second-order valence-electron chi connectivity index (χ2n) is 11.3. The molecule has 8 bridgehead atoms. The topological polar surface area (TPSA) is 220 Å². The van der Waals surface area contributed by atoms with Gasteiger partial charge in [0.2, 0.25) is 0 Å². The van der Waals surface area contributed by atoms with Gasteiger partial charge in [-0.1, -0.05) is 0 Å². The number of carboxylic acids is 2. The summed E-state index contributed by atoms with van der Waals surface area (Å²) in [5.74, 6) is -0.871. The summed E-state index contributed by atoms with van der Waals surface area (Å²) in [4.78, 5) is 72.9. The Morgan fingerprint density at radius 1 is 0.460 bits per heavy atom. The Bertz CT molecular complexity index is 2610. The van der Waals surface area contributed by atoms with Gasteiger partial charge >= 0.3 is 11.9 Å². The molecule has 0 aliphatic carbocycles. The van der Waals surface area contributed by atoms with E-state index in [9.17, 15) is 29.7 Å². The number of rotatable bonds is 4. The van der Waals surface area contributed by atoms with Crippen molar-refractivity contribution in [3.63, 3.8) is 0 Å². The van der Waals surface area contributed by atoms with Crippen molar-refractivity contribution >= 4 is 65.1 Å². The molecule has 0 aromatic heterocycles. The number of ether oxygens (including phenoxy) is 1. The van der Waals surface area contributed by atoms with Gasteiger partial charge in [-0.15, -0.1) is 0 Å². The Balaban J connectivity index is 1.35. The fourth-order valence-electron chi connectivity index (χ4n) is 6.03. The zero-order valence-electron chi connectivity index (χ0n) is 25.1. The van der Waals surface area contributed by atoms with E-state index in [1.807, 2.05) is 0 Å². The number of phenolic OH excluding ortho intramolecular Hbond substituents is 1. The minimum Gasteiger partial charge on any atom is -0.508 e. The Kier molecular flexibility index (Phi) is 6.01. The molecule has 0 fully saturated rings. The second-order valence-corrected chi connectivity index (χ2v) is 11.3. The summed E-state index contributed by atoms with van der Waals surface area (Å²) in [6.45, 7) is 0.299. The predicted octanol–water partition coefficient (Wildman–Crippen LogP) is 3.47. The standard InChI is InChI=1S/C35H16N8O7/c44-13-50-17-4-8-21-25(12-17)33-42-27-19-6-2-15(35(48)49)10-23(19)30(38-27)36-26-18-5-1-14(34(46)47)9-22(18)31(37-26)39-28-20-7-3-16(45)11-24(20)32(40-28)41-29(21)43-33/h1-13,45H,(H,46,47)(H,48,49). The van der Waals surface area contributed by atoms with Crippen molar-refractivity contribution in [2.75, 3.05) is 0 Å². The lowest BCUT2D eigenvalue weighted by molar-refractivity contribution is -0.120. The van der Waals surface area contributed by atoms with Gasteiger partial charge in [-0.3, -0.25) is 4.79 Å². The average molecular weight is 661 g/mol. The van der Waals surface area contributed by atoms with E-state index >= 15 is 0 Å². The molecule has 5 heterocycles. The molecule has 15 heteroatoms. The smallest absolute Gasteiger partial charge is 0.335 e. The zero-order valence-corrected chi connectivity index (χ0v) is 25.1. The van der Waals surface area contributed by atoms with Gasteiger partial charge in [0.05, 0.1) is 11.1 Å². The van der Waals surface area contributed by atoms with Crippen LogP contribution in [0.1, 0.15) is 65.2 Å². The molecule has 0 radical (unpaired) electrons. The number of aromatic carboxylic acids is 2. The van der Waals surface area contributed by atoms with Crippen LogP contribution >= 0.6 is 0 Å². The van der Waals surface area contributed by atoms with Gasteiger partial charge in [0.25, 0.3) is 6.47 Å². The largest absolute Gasteiger partial charge is 0.508 e. The van der Waals surface area contributed by atoms with Crippen LogP contribution in [0.25, 0.3) is 0 Å². The Morgan fingerprint density at radius 3 is 1.20 bits per heavy atom. The quantitative estimate of drug-likeness (QED) is 0.276. The molecule has 0 saturated heterocycles. The lowest BCUT2D eigenvalue weighted by Gasteiger charge is -2.05. The van der Waals surface area contributed by atoms with E-state index in [2.05, 4.69) is 15.0 Å². The summed E-state index contributed by atoms with van der Waals surface area (Å²) < 4.78 is 5.09. The third-order valence-electron chi connectivity index (χ3n) is 8.33. The number of carboxylic acid groups (broad SMARTS) is 2. The number of carbonyl (C=O) groups excluding carboxylic acids is 1. The maximum Gasteiger partial charge on any atom is 0.335 e. The van der Waals surface area contributed by atoms with Gasteiger partial charge in [-0.25, -0.2) is 49.5 Å². The minimum absolute atomic E-state index is 0.00442. The van der Waals surface area contributed by atoms with Crippen LogP contribution in [0, 0.1) is 0 Å². The summed E-state index contributed by atoms with van der Waals surface area (Å²) in [6, 6.07) is 18.3. The maximum atomic E-state index is 12.0. The average Bonchev–Trinajstić information content (AvgIpc) is 3.82. The van der Waals surface area contributed by atoms with Crippen LogP contribution in [0.5, 0.6) is 11.5 Å². The van der Waals surface area contributed by atoms with Crippen molar-refractivity contribution in [2.45, 2.75) is 0 Å². The van der Waals surface area contributed by atoms with E-state index in [4.69, 9.17) is 29.7 Å². The normalized spacial score (nSPS) is 15.8. The Labute approximate surface area is 279 Å². The van der Waals surface area contributed by atoms with Crippen LogP contribution in [-0.4, -0.2) is 80.4 Å². The predicted molar refractivity (Wildman–Crippen MR) is 180 cm³/mol. The monoisotopic (exact) mass is 660 g/mol. The molecule has 0 atom stereocenters. The first kappa shape index (κ1) is 28.7. The molecule has 0 amide bonds. The van der Waals surface area contributed by atoms with Crippen LogP contribution in [0.2, 0.25) is 0 Å². The van der Waals surface area contributed by atoms with E-state index in [-0.39, 0.29) is 69.3 Å². The van der Waals surface area contributed by atoms with Gasteiger partial charge < -0.3 is 20.1 Å². The Hall–Kier alpha value is -7.55. The minimum atomic E-state index is -1.16. The van der Waals surface area contributed by atoms with Gasteiger partial charge in [0, 0.05) is 44.5 Å². The van der Waals surface area contributed by atoms with E-state index < -0.39 is 11.9 Å². The summed E-state index contributed by atoms with van der Waals surface area (Å²) in [5, 5.41) is 29.9. The fourth-order valence-corrected chi connectivity index (χ4v) is 6.03. The number of aromatic hydroxyl groups is 1. The van der Waals surface area contributed by atoms with E-state index in [1.165, 1.54) is 36.4 Å². The molecule has 238 valence electrons. The summed E-state index contributed by atoms with van der Waals surface area (Å²) >= 11 is 0. The molecule has 4 aromatic carbocycles. The zero-order chi connectivity index (χ0) is 34.3. The number of carbonyl (C=O) groups is 3. The van der Waals surface area contributed by atoms with Gasteiger partial charge in [-0.05, 0) is 72.8 Å². The van der Waals surface area contributed by atoms with Crippen LogP contribution in [0.3, 0.4) is 0 Å². The third-order valence-corrected chi connectivity index (χ3v) is 8.33. The molecule has 0 unspecified atom stereocenters. The van der Waals surface area contributed by atoms with Crippen LogP contribution in [0.4, 0.5) is 0 Å². The van der Waals surface area contributed by atoms with E-state index in [0.717, 1.165) is 0 Å². The van der Waals surface area contributed by atoms with Gasteiger partial charge in [-0.2, -0.15) is 0 Å². The summed E-state index contributed by atoms with van der Waals surface area (Å²) in [7, 11) is 0. The number of benzene rings is 4. The summed E-state index contributed by atoms with van der Waals surface area (Å²) in [5.41, 5.74) is 3.61. The molecular formula is C35H16N8O7. The van der Waals surface area contributed by atoms with Gasteiger partial charge in [0.15, 0.2) is 46.7 Å². The van der Waals surface area contributed by atoms with Gasteiger partial charge in [0.1, 0.15) is 11.5 Å². The van der Waals surface area contributed by atoms with Crippen LogP contribution in [0.15, 0.2) is 113 Å². The first-order valence-corrected chi connectivity index (χ1v) is 14.8. The fraction of sp³-hybridized carbons (Fsp3) is 0. The molecule has 5 aliphatic rings. The van der Waals surface area contributed by atoms with E-state index in [0.29, 0.717) is 51.0 Å². The maximum absolute atomic E-state index is 12.0. The highest BCUT2D eigenvalue weighted by Gasteiger charge is 2.32. The highest BCUT2D eigenvalue weighted by molar-refractivity contribution is 6.35. The summed E-state index contributed by atoms with van der Waals surface area (Å²) in [6.07, 6.45) is 0. The van der Waals surface area contributed by atoms with Crippen LogP contribution < -0.4 is 4.74 Å². The molecular weight excluding hydrogens is 644 g/mol. The molecule has 5 aliphatic heterocycles. The van der Waals surface area contributed by atoms with Crippen molar-refractivity contribution < 1.29 is 34.4 Å². The van der Waals surface area contributed by atoms with Crippen molar-refractivity contribution in [3.05, 3.63) is 128 Å². The van der Waals surface area contributed by atoms with Crippen molar-refractivity contribution in [2.24, 2.45) is 39.9 Å². The first-order chi connectivity index (χ1) is 24.2. The highest BCUT2D eigenvalue weighted by atomic mass is 16.5.